The topological polar surface area (TPSA) is 38.9 Å². The summed E-state index contributed by atoms with van der Waals surface area (Å²) in [5.74, 6) is 5.98. The van der Waals surface area contributed by atoms with E-state index in [2.05, 4.69) is 16.8 Å². The minimum atomic E-state index is -0.0618. The van der Waals surface area contributed by atoms with Crippen LogP contribution in [-0.2, 0) is 0 Å². The molecule has 2 heteroatoms. The molecule has 0 aliphatic heterocycles. The first-order valence-electron chi connectivity index (χ1n) is 5.42. The zero-order valence-corrected chi connectivity index (χ0v) is 9.27. The number of nitrogens with zero attached hydrogens (tertiary/aromatic N) is 1. The van der Waals surface area contributed by atoms with Gasteiger partial charge in [0.15, 0.2) is 0 Å². The first-order chi connectivity index (χ1) is 7.79. The van der Waals surface area contributed by atoms with Crippen molar-refractivity contribution in [3.05, 3.63) is 42.1 Å². The SMILES string of the molecule is CCC(N)C#Cc1ccc2ccccc2n1. The molecule has 16 heavy (non-hydrogen) atoms. The van der Waals surface area contributed by atoms with Crippen molar-refractivity contribution in [2.45, 2.75) is 19.4 Å². The molecule has 2 N–H and O–H groups in total. The lowest BCUT2D eigenvalue weighted by atomic mass is 10.2. The molecule has 2 nitrogen and oxygen atoms in total. The van der Waals surface area contributed by atoms with Gasteiger partial charge >= 0.3 is 0 Å². The second kappa shape index (κ2) is 4.78. The summed E-state index contributed by atoms with van der Waals surface area (Å²) in [6, 6.07) is 11.9. The average molecular weight is 210 g/mol. The number of rotatable bonds is 1. The van der Waals surface area contributed by atoms with Gasteiger partial charge in [0, 0.05) is 5.39 Å². The molecule has 1 heterocycles. The molecule has 0 bridgehead atoms. The Bertz CT molecular complexity index is 549. The zero-order valence-electron chi connectivity index (χ0n) is 9.27. The molecule has 0 saturated carbocycles. The third-order valence-electron chi connectivity index (χ3n) is 2.42. The van der Waals surface area contributed by atoms with Crippen LogP contribution in [0.5, 0.6) is 0 Å². The van der Waals surface area contributed by atoms with Gasteiger partial charge in [0.25, 0.3) is 0 Å². The molecule has 1 aromatic carbocycles. The minimum absolute atomic E-state index is 0.0618. The van der Waals surface area contributed by atoms with Crippen LogP contribution >= 0.6 is 0 Å². The van der Waals surface area contributed by atoms with Crippen molar-refractivity contribution in [2.24, 2.45) is 5.73 Å². The number of hydrogen-bond donors (Lipinski definition) is 1. The van der Waals surface area contributed by atoms with Gasteiger partial charge in [-0.1, -0.05) is 37.1 Å². The molecule has 80 valence electrons. The lowest BCUT2D eigenvalue weighted by Gasteiger charge is -1.98. The molecular weight excluding hydrogens is 196 g/mol. The molecule has 0 radical (unpaired) electrons. The fourth-order valence-corrected chi connectivity index (χ4v) is 1.40. The molecule has 0 spiro atoms. The highest BCUT2D eigenvalue weighted by atomic mass is 14.7. The Balaban J connectivity index is 2.35. The van der Waals surface area contributed by atoms with Crippen LogP contribution in [0, 0.1) is 11.8 Å². The van der Waals surface area contributed by atoms with Crippen LogP contribution in [-0.4, -0.2) is 11.0 Å². The van der Waals surface area contributed by atoms with Crippen molar-refractivity contribution in [1.29, 1.82) is 0 Å². The van der Waals surface area contributed by atoms with Gasteiger partial charge in [0.05, 0.1) is 11.6 Å². The smallest absolute Gasteiger partial charge is 0.113 e. The van der Waals surface area contributed by atoms with Crippen molar-refractivity contribution in [3.8, 4) is 11.8 Å². The van der Waals surface area contributed by atoms with Crippen LogP contribution in [0.4, 0.5) is 0 Å². The maximum Gasteiger partial charge on any atom is 0.113 e. The van der Waals surface area contributed by atoms with Crippen LogP contribution in [0.15, 0.2) is 36.4 Å². The lowest BCUT2D eigenvalue weighted by molar-refractivity contribution is 0.806. The highest BCUT2D eigenvalue weighted by molar-refractivity contribution is 5.78. The van der Waals surface area contributed by atoms with E-state index in [1.165, 1.54) is 0 Å². The predicted molar refractivity (Wildman–Crippen MR) is 66.9 cm³/mol. The Kier molecular flexibility index (Phi) is 3.19. The highest BCUT2D eigenvalue weighted by Crippen LogP contribution is 2.10. The summed E-state index contributed by atoms with van der Waals surface area (Å²) < 4.78 is 0. The Morgan fingerprint density at radius 3 is 2.88 bits per heavy atom. The van der Waals surface area contributed by atoms with E-state index < -0.39 is 0 Å². The van der Waals surface area contributed by atoms with Crippen LogP contribution in [0.1, 0.15) is 19.0 Å². The number of benzene rings is 1. The van der Waals surface area contributed by atoms with E-state index in [1.54, 1.807) is 0 Å². The zero-order chi connectivity index (χ0) is 11.4. The maximum absolute atomic E-state index is 5.73. The first kappa shape index (κ1) is 10.7. The van der Waals surface area contributed by atoms with E-state index in [0.717, 1.165) is 23.0 Å². The normalized spacial score (nSPS) is 11.9. The summed E-state index contributed by atoms with van der Waals surface area (Å²) in [4.78, 5) is 4.45. The van der Waals surface area contributed by atoms with E-state index >= 15 is 0 Å². The third kappa shape index (κ3) is 2.39. The Hall–Kier alpha value is -1.85. The van der Waals surface area contributed by atoms with Gasteiger partial charge < -0.3 is 5.73 Å². The summed E-state index contributed by atoms with van der Waals surface area (Å²) >= 11 is 0. The van der Waals surface area contributed by atoms with Crippen LogP contribution in [0.25, 0.3) is 10.9 Å². The van der Waals surface area contributed by atoms with E-state index in [1.807, 2.05) is 43.3 Å². The predicted octanol–water partition coefficient (Wildman–Crippen LogP) is 2.32. The lowest BCUT2D eigenvalue weighted by Crippen LogP contribution is -2.15. The second-order valence-corrected chi connectivity index (χ2v) is 3.67. The van der Waals surface area contributed by atoms with Crippen LogP contribution in [0.3, 0.4) is 0 Å². The molecule has 2 rings (SSSR count). The Labute approximate surface area is 95.5 Å². The molecule has 0 saturated heterocycles. The molecule has 0 amide bonds. The summed E-state index contributed by atoms with van der Waals surface area (Å²) in [5, 5.41) is 1.13. The van der Waals surface area contributed by atoms with Gasteiger partial charge in [-0.3, -0.25) is 0 Å². The quantitative estimate of drug-likeness (QED) is 0.734. The number of aromatic nitrogens is 1. The summed E-state index contributed by atoms with van der Waals surface area (Å²) in [6.45, 7) is 2.02. The van der Waals surface area contributed by atoms with Crippen LogP contribution in [0.2, 0.25) is 0 Å². The number of para-hydroxylation sites is 1. The number of pyridine rings is 1. The Morgan fingerprint density at radius 2 is 2.06 bits per heavy atom. The maximum atomic E-state index is 5.73. The number of hydrogen-bond acceptors (Lipinski definition) is 2. The second-order valence-electron chi connectivity index (χ2n) is 3.67. The molecule has 2 aromatic rings. The first-order valence-corrected chi connectivity index (χ1v) is 5.42. The van der Waals surface area contributed by atoms with E-state index in [4.69, 9.17) is 5.73 Å². The summed E-state index contributed by atoms with van der Waals surface area (Å²) in [6.07, 6.45) is 0.862. The van der Waals surface area contributed by atoms with Gasteiger partial charge in [-0.2, -0.15) is 0 Å². The molecule has 0 fully saturated rings. The number of nitrogens with two attached hydrogens (primary N) is 1. The van der Waals surface area contributed by atoms with Crippen molar-refractivity contribution >= 4 is 10.9 Å². The highest BCUT2D eigenvalue weighted by Gasteiger charge is 1.95. The van der Waals surface area contributed by atoms with Crippen molar-refractivity contribution in [2.75, 3.05) is 0 Å². The fourth-order valence-electron chi connectivity index (χ4n) is 1.40. The average Bonchev–Trinajstić information content (AvgIpc) is 2.35. The van der Waals surface area contributed by atoms with Gasteiger partial charge in [-0.05, 0) is 24.5 Å². The largest absolute Gasteiger partial charge is 0.318 e. The van der Waals surface area contributed by atoms with Crippen molar-refractivity contribution < 1.29 is 0 Å². The van der Waals surface area contributed by atoms with Gasteiger partial charge in [0.2, 0.25) is 0 Å². The van der Waals surface area contributed by atoms with Crippen LogP contribution < -0.4 is 5.73 Å². The molecule has 1 aromatic heterocycles. The molecule has 1 unspecified atom stereocenters. The molecular formula is C14H14N2. The molecule has 1 atom stereocenters. The number of fused-ring (bicyclic) bond motifs is 1. The van der Waals surface area contributed by atoms with E-state index in [9.17, 15) is 0 Å². The van der Waals surface area contributed by atoms with Gasteiger partial charge in [-0.25, -0.2) is 4.98 Å². The Morgan fingerprint density at radius 1 is 1.25 bits per heavy atom. The summed E-state index contributed by atoms with van der Waals surface area (Å²) in [5.41, 5.74) is 7.48. The molecule has 0 aliphatic rings. The summed E-state index contributed by atoms with van der Waals surface area (Å²) in [7, 11) is 0. The third-order valence-corrected chi connectivity index (χ3v) is 2.42. The monoisotopic (exact) mass is 210 g/mol. The fraction of sp³-hybridized carbons (Fsp3) is 0.214. The van der Waals surface area contributed by atoms with E-state index in [-0.39, 0.29) is 6.04 Å². The van der Waals surface area contributed by atoms with Gasteiger partial charge in [-0.15, -0.1) is 0 Å². The van der Waals surface area contributed by atoms with E-state index in [0.29, 0.717) is 0 Å². The van der Waals surface area contributed by atoms with Crippen molar-refractivity contribution in [1.82, 2.24) is 4.98 Å². The molecule has 0 aliphatic carbocycles. The van der Waals surface area contributed by atoms with Gasteiger partial charge in [0.1, 0.15) is 5.69 Å². The minimum Gasteiger partial charge on any atom is -0.318 e. The van der Waals surface area contributed by atoms with Crippen molar-refractivity contribution in [3.63, 3.8) is 0 Å². The standard InChI is InChI=1S/C14H14N2/c1-2-12(15)8-10-13-9-7-11-5-3-4-6-14(11)16-13/h3-7,9,12H,2,15H2,1H3.